The second kappa shape index (κ2) is 6.90. The van der Waals surface area contributed by atoms with Gasteiger partial charge in [-0.15, -0.1) is 11.3 Å². The highest BCUT2D eigenvalue weighted by Gasteiger charge is 2.20. The second-order valence-electron chi connectivity index (χ2n) is 6.12. The lowest BCUT2D eigenvalue weighted by atomic mass is 10.0. The van der Waals surface area contributed by atoms with Crippen LogP contribution in [0.15, 0.2) is 42.5 Å². The van der Waals surface area contributed by atoms with E-state index in [1.807, 2.05) is 35.2 Å². The topological polar surface area (TPSA) is 66.8 Å². The summed E-state index contributed by atoms with van der Waals surface area (Å²) in [6.07, 6.45) is 0.668. The number of benzene rings is 2. The van der Waals surface area contributed by atoms with Gasteiger partial charge in [0.25, 0.3) is 5.91 Å². The normalized spacial score (nSPS) is 14.5. The summed E-state index contributed by atoms with van der Waals surface area (Å²) in [5, 5.41) is 11.4. The Kier molecular flexibility index (Phi) is 4.44. The lowest BCUT2D eigenvalue weighted by Crippen LogP contribution is -2.40. The van der Waals surface area contributed by atoms with Crippen LogP contribution in [0.3, 0.4) is 0 Å². The van der Waals surface area contributed by atoms with Crippen LogP contribution in [0.2, 0.25) is 0 Å². The molecule has 0 saturated carbocycles. The van der Waals surface area contributed by atoms with Gasteiger partial charge in [-0.3, -0.25) is 9.59 Å². The number of phenols is 1. The predicted octanol–water partition coefficient (Wildman–Crippen LogP) is 3.56. The Balaban J connectivity index is 1.66. The molecule has 1 saturated heterocycles. The van der Waals surface area contributed by atoms with Crippen molar-refractivity contribution in [2.24, 2.45) is 0 Å². The van der Waals surface area contributed by atoms with Crippen molar-refractivity contribution in [3.05, 3.63) is 52.9 Å². The molecule has 0 radical (unpaired) electrons. The first kappa shape index (κ1) is 16.8. The number of aromatic hydroxyl groups is 1. The summed E-state index contributed by atoms with van der Waals surface area (Å²) in [5.74, 6) is 0.0215. The van der Waals surface area contributed by atoms with Gasteiger partial charge in [-0.1, -0.05) is 18.2 Å². The van der Waals surface area contributed by atoms with E-state index in [4.69, 9.17) is 4.74 Å². The first-order valence-corrected chi connectivity index (χ1v) is 9.17. The van der Waals surface area contributed by atoms with Gasteiger partial charge >= 0.3 is 0 Å². The maximum Gasteiger partial charge on any atom is 0.264 e. The SMILES string of the molecule is O=Cc1c(O)ccc2cc(-c3ccc(C(=O)N4CCOCC4)s3)ccc12. The number of amides is 1. The monoisotopic (exact) mass is 367 g/mol. The molecule has 3 aromatic rings. The third-order valence-corrected chi connectivity index (χ3v) is 5.68. The highest BCUT2D eigenvalue weighted by molar-refractivity contribution is 7.17. The van der Waals surface area contributed by atoms with Gasteiger partial charge in [0.2, 0.25) is 0 Å². The van der Waals surface area contributed by atoms with Crippen molar-refractivity contribution >= 4 is 34.3 Å². The molecular weight excluding hydrogens is 350 g/mol. The van der Waals surface area contributed by atoms with E-state index in [9.17, 15) is 14.7 Å². The largest absolute Gasteiger partial charge is 0.507 e. The Morgan fingerprint density at radius 2 is 1.92 bits per heavy atom. The lowest BCUT2D eigenvalue weighted by Gasteiger charge is -2.26. The minimum atomic E-state index is -0.0187. The molecule has 5 nitrogen and oxygen atoms in total. The molecule has 0 atom stereocenters. The maximum atomic E-state index is 12.6. The third kappa shape index (κ3) is 2.98. The van der Waals surface area contributed by atoms with E-state index in [1.165, 1.54) is 17.4 Å². The van der Waals surface area contributed by atoms with Crippen LogP contribution >= 0.6 is 11.3 Å². The lowest BCUT2D eigenvalue weighted by molar-refractivity contribution is 0.0306. The highest BCUT2D eigenvalue weighted by Crippen LogP contribution is 2.33. The molecule has 6 heteroatoms. The highest BCUT2D eigenvalue weighted by atomic mass is 32.1. The Bertz CT molecular complexity index is 989. The van der Waals surface area contributed by atoms with E-state index >= 15 is 0 Å². The molecule has 1 aromatic heterocycles. The molecular formula is C20H17NO4S. The fraction of sp³-hybridized carbons (Fsp3) is 0.200. The van der Waals surface area contributed by atoms with Crippen LogP contribution < -0.4 is 0 Å². The van der Waals surface area contributed by atoms with Crippen LogP contribution in [0.5, 0.6) is 5.75 Å². The molecule has 132 valence electrons. The minimum absolute atomic E-state index is 0.0187. The zero-order valence-electron chi connectivity index (χ0n) is 14.0. The number of rotatable bonds is 3. The third-order valence-electron chi connectivity index (χ3n) is 4.56. The van der Waals surface area contributed by atoms with Gasteiger partial charge in [-0.05, 0) is 40.6 Å². The van der Waals surface area contributed by atoms with E-state index in [1.54, 1.807) is 6.07 Å². The number of phenolic OH excluding ortho intramolecular Hbond substituents is 1. The molecule has 0 bridgehead atoms. The van der Waals surface area contributed by atoms with Gasteiger partial charge in [0.05, 0.1) is 23.7 Å². The number of aldehydes is 1. The fourth-order valence-corrected chi connectivity index (χ4v) is 4.12. The summed E-state index contributed by atoms with van der Waals surface area (Å²) < 4.78 is 5.30. The molecule has 4 rings (SSSR count). The van der Waals surface area contributed by atoms with Gasteiger partial charge in [-0.2, -0.15) is 0 Å². The number of hydrogen-bond acceptors (Lipinski definition) is 5. The predicted molar refractivity (Wildman–Crippen MR) is 101 cm³/mol. The van der Waals surface area contributed by atoms with E-state index < -0.39 is 0 Å². The van der Waals surface area contributed by atoms with Crippen LogP contribution in [0, 0.1) is 0 Å². The Morgan fingerprint density at radius 3 is 2.69 bits per heavy atom. The number of morpholine rings is 1. The van der Waals surface area contributed by atoms with Gasteiger partial charge in [-0.25, -0.2) is 0 Å². The quantitative estimate of drug-likeness (QED) is 0.719. The van der Waals surface area contributed by atoms with Crippen molar-refractivity contribution < 1.29 is 19.4 Å². The molecule has 0 unspecified atom stereocenters. The molecule has 2 aromatic carbocycles. The van der Waals surface area contributed by atoms with Crippen LogP contribution in [-0.4, -0.2) is 48.5 Å². The van der Waals surface area contributed by atoms with Crippen molar-refractivity contribution in [3.63, 3.8) is 0 Å². The van der Waals surface area contributed by atoms with Crippen molar-refractivity contribution in [2.75, 3.05) is 26.3 Å². The molecule has 1 N–H and O–H groups in total. The summed E-state index contributed by atoms with van der Waals surface area (Å²) in [5.41, 5.74) is 1.27. The minimum Gasteiger partial charge on any atom is -0.507 e. The molecule has 2 heterocycles. The summed E-state index contributed by atoms with van der Waals surface area (Å²) >= 11 is 1.46. The van der Waals surface area contributed by atoms with Crippen molar-refractivity contribution in [2.45, 2.75) is 0 Å². The number of thiophene rings is 1. The molecule has 1 aliphatic heterocycles. The molecule has 0 spiro atoms. The maximum absolute atomic E-state index is 12.6. The first-order chi connectivity index (χ1) is 12.7. The standard InChI is InChI=1S/C20H17NO4S/c22-12-16-15-3-1-14(11-13(15)2-4-17(16)23)18-5-6-19(26-18)20(24)21-7-9-25-10-8-21/h1-6,11-12,23H,7-10H2. The molecule has 1 fully saturated rings. The molecule has 1 aliphatic rings. The molecule has 26 heavy (non-hydrogen) atoms. The van der Waals surface area contributed by atoms with E-state index in [0.717, 1.165) is 15.8 Å². The van der Waals surface area contributed by atoms with Crippen molar-refractivity contribution in [1.29, 1.82) is 0 Å². The number of hydrogen-bond donors (Lipinski definition) is 1. The van der Waals surface area contributed by atoms with Crippen LogP contribution in [0.4, 0.5) is 0 Å². The number of carbonyl (C=O) groups is 2. The summed E-state index contributed by atoms with van der Waals surface area (Å²) in [7, 11) is 0. The average Bonchev–Trinajstić information content (AvgIpc) is 3.18. The number of carbonyl (C=O) groups excluding carboxylic acids is 2. The zero-order valence-corrected chi connectivity index (χ0v) is 14.8. The van der Waals surface area contributed by atoms with Crippen LogP contribution in [0.1, 0.15) is 20.0 Å². The van der Waals surface area contributed by atoms with Gasteiger partial charge in [0.15, 0.2) is 6.29 Å². The summed E-state index contributed by atoms with van der Waals surface area (Å²) in [6.45, 7) is 2.42. The molecule has 1 amide bonds. The van der Waals surface area contributed by atoms with Crippen LogP contribution in [0.25, 0.3) is 21.2 Å². The smallest absolute Gasteiger partial charge is 0.264 e. The number of fused-ring (bicyclic) bond motifs is 1. The van der Waals surface area contributed by atoms with Gasteiger partial charge in [0, 0.05) is 18.0 Å². The van der Waals surface area contributed by atoms with Crippen molar-refractivity contribution in [1.82, 2.24) is 4.90 Å². The molecule has 0 aliphatic carbocycles. The van der Waals surface area contributed by atoms with E-state index in [0.29, 0.717) is 48.4 Å². The van der Waals surface area contributed by atoms with Crippen molar-refractivity contribution in [3.8, 4) is 16.2 Å². The van der Waals surface area contributed by atoms with Crippen LogP contribution in [-0.2, 0) is 4.74 Å². The Morgan fingerprint density at radius 1 is 1.12 bits per heavy atom. The average molecular weight is 367 g/mol. The van der Waals surface area contributed by atoms with E-state index in [-0.39, 0.29) is 11.7 Å². The second-order valence-corrected chi connectivity index (χ2v) is 7.20. The first-order valence-electron chi connectivity index (χ1n) is 8.35. The fourth-order valence-electron chi connectivity index (χ4n) is 3.15. The summed E-state index contributed by atoms with van der Waals surface area (Å²) in [6, 6.07) is 12.8. The van der Waals surface area contributed by atoms with Gasteiger partial charge in [0.1, 0.15) is 5.75 Å². The van der Waals surface area contributed by atoms with Gasteiger partial charge < -0.3 is 14.7 Å². The summed E-state index contributed by atoms with van der Waals surface area (Å²) in [4.78, 5) is 27.3. The number of nitrogens with zero attached hydrogens (tertiary/aromatic N) is 1. The van der Waals surface area contributed by atoms with E-state index in [2.05, 4.69) is 0 Å². The number of ether oxygens (including phenoxy) is 1. The Labute approximate surface area is 154 Å². The Hall–Kier alpha value is -2.70. The zero-order chi connectivity index (χ0) is 18.1.